The van der Waals surface area contributed by atoms with Crippen LogP contribution in [0.15, 0.2) is 30.3 Å². The van der Waals surface area contributed by atoms with E-state index in [1.54, 1.807) is 0 Å². The van der Waals surface area contributed by atoms with Gasteiger partial charge in [0.15, 0.2) is 5.78 Å². The van der Waals surface area contributed by atoms with Crippen molar-refractivity contribution < 1.29 is 4.79 Å². The molecule has 84 valence electrons. The van der Waals surface area contributed by atoms with E-state index in [0.717, 1.165) is 5.56 Å². The molecule has 0 spiro atoms. The van der Waals surface area contributed by atoms with Gasteiger partial charge >= 0.3 is 0 Å². The van der Waals surface area contributed by atoms with Crippen molar-refractivity contribution in [2.75, 3.05) is 6.54 Å². The van der Waals surface area contributed by atoms with Crippen LogP contribution in [0.3, 0.4) is 0 Å². The minimum Gasteiger partial charge on any atom is -0.305 e. The summed E-state index contributed by atoms with van der Waals surface area (Å²) in [6, 6.07) is 9.35. The van der Waals surface area contributed by atoms with Crippen LogP contribution in [-0.2, 0) is 0 Å². The Morgan fingerprint density at radius 2 is 1.73 bits per heavy atom. The molecule has 0 radical (unpaired) electrons. The van der Waals surface area contributed by atoms with Crippen molar-refractivity contribution in [2.45, 2.75) is 26.3 Å². The van der Waals surface area contributed by atoms with Gasteiger partial charge in [-0.3, -0.25) is 4.79 Å². The maximum atomic E-state index is 11.6. The van der Waals surface area contributed by atoms with E-state index in [1.807, 2.05) is 51.1 Å². The molecule has 0 aliphatic heterocycles. The van der Waals surface area contributed by atoms with Crippen molar-refractivity contribution in [3.8, 4) is 0 Å². The maximum Gasteiger partial charge on any atom is 0.176 e. The average molecular weight is 228 g/mol. The average Bonchev–Trinajstić information content (AvgIpc) is 2.14. The molecule has 0 atom stereocenters. The van der Waals surface area contributed by atoms with Crippen LogP contribution in [-0.4, -0.2) is 17.9 Å². The van der Waals surface area contributed by atoms with Gasteiger partial charge in [-0.05, 0) is 20.8 Å². The van der Waals surface area contributed by atoms with Crippen LogP contribution in [0.5, 0.6) is 0 Å². The summed E-state index contributed by atoms with van der Waals surface area (Å²) in [5.41, 5.74) is 0.758. The zero-order chi connectivity index (χ0) is 10.6. The van der Waals surface area contributed by atoms with Crippen molar-refractivity contribution in [2.24, 2.45) is 0 Å². The molecule has 3 heteroatoms. The fourth-order valence-electron chi connectivity index (χ4n) is 1.07. The van der Waals surface area contributed by atoms with Gasteiger partial charge in [0, 0.05) is 11.1 Å². The summed E-state index contributed by atoms with van der Waals surface area (Å²) in [5, 5.41) is 3.17. The number of carbonyl (C=O) groups excluding carboxylic acids is 1. The third-order valence-corrected chi connectivity index (χ3v) is 1.88. The lowest BCUT2D eigenvalue weighted by Crippen LogP contribution is -2.39. The van der Waals surface area contributed by atoms with Crippen molar-refractivity contribution >= 4 is 18.2 Å². The van der Waals surface area contributed by atoms with E-state index in [4.69, 9.17) is 0 Å². The van der Waals surface area contributed by atoms with Gasteiger partial charge in [0.25, 0.3) is 0 Å². The molecule has 0 amide bonds. The number of ketones is 1. The molecule has 0 aliphatic rings. The fraction of sp³-hybridized carbons (Fsp3) is 0.417. The number of rotatable bonds is 3. The number of halogens is 1. The van der Waals surface area contributed by atoms with E-state index >= 15 is 0 Å². The van der Waals surface area contributed by atoms with Crippen LogP contribution in [0.25, 0.3) is 0 Å². The van der Waals surface area contributed by atoms with Crippen LogP contribution >= 0.6 is 12.4 Å². The van der Waals surface area contributed by atoms with Gasteiger partial charge in [-0.2, -0.15) is 0 Å². The van der Waals surface area contributed by atoms with E-state index in [-0.39, 0.29) is 23.7 Å². The minimum atomic E-state index is -0.00948. The summed E-state index contributed by atoms with van der Waals surface area (Å²) in [6.07, 6.45) is 0. The Hall–Kier alpha value is -0.860. The fourth-order valence-corrected chi connectivity index (χ4v) is 1.07. The van der Waals surface area contributed by atoms with Crippen LogP contribution < -0.4 is 5.32 Å². The number of benzene rings is 1. The van der Waals surface area contributed by atoms with Gasteiger partial charge in [0.1, 0.15) is 0 Å². The molecule has 0 fully saturated rings. The number of hydrogen-bond donors (Lipinski definition) is 1. The summed E-state index contributed by atoms with van der Waals surface area (Å²) < 4.78 is 0. The topological polar surface area (TPSA) is 29.1 Å². The van der Waals surface area contributed by atoms with E-state index in [1.165, 1.54) is 0 Å². The Morgan fingerprint density at radius 1 is 1.20 bits per heavy atom. The zero-order valence-electron chi connectivity index (χ0n) is 9.41. The highest BCUT2D eigenvalue weighted by atomic mass is 35.5. The highest BCUT2D eigenvalue weighted by Crippen LogP contribution is 2.02. The summed E-state index contributed by atoms with van der Waals surface area (Å²) >= 11 is 0. The normalized spacial score (nSPS) is 10.6. The molecule has 0 saturated heterocycles. The van der Waals surface area contributed by atoms with Crippen molar-refractivity contribution in [1.82, 2.24) is 5.32 Å². The first-order valence-electron chi connectivity index (χ1n) is 4.82. The standard InChI is InChI=1S/C12H17NO.ClH/c1-12(2,3)13-9-11(14)10-7-5-4-6-8-10;/h4-8,13H,9H2,1-3H3;1H. The summed E-state index contributed by atoms with van der Waals surface area (Å²) in [7, 11) is 0. The van der Waals surface area contributed by atoms with E-state index in [9.17, 15) is 4.79 Å². The van der Waals surface area contributed by atoms with E-state index in [0.29, 0.717) is 6.54 Å². The summed E-state index contributed by atoms with van der Waals surface area (Å²) in [6.45, 7) is 6.54. The Bertz CT molecular complexity index is 303. The third kappa shape index (κ3) is 5.55. The van der Waals surface area contributed by atoms with Gasteiger partial charge in [0.2, 0.25) is 0 Å². The number of hydrogen-bond acceptors (Lipinski definition) is 2. The van der Waals surface area contributed by atoms with Crippen molar-refractivity contribution in [3.63, 3.8) is 0 Å². The molecular formula is C12H18ClNO. The Kier molecular flexibility index (Phi) is 5.55. The highest BCUT2D eigenvalue weighted by molar-refractivity contribution is 5.97. The van der Waals surface area contributed by atoms with Crippen LogP contribution in [0.2, 0.25) is 0 Å². The molecule has 2 nitrogen and oxygen atoms in total. The lowest BCUT2D eigenvalue weighted by atomic mass is 10.1. The van der Waals surface area contributed by atoms with Gasteiger partial charge in [-0.1, -0.05) is 30.3 Å². The number of Topliss-reactive ketones (excluding diaryl/α,β-unsaturated/α-hetero) is 1. The van der Waals surface area contributed by atoms with E-state index < -0.39 is 0 Å². The van der Waals surface area contributed by atoms with Crippen molar-refractivity contribution in [3.05, 3.63) is 35.9 Å². The molecular weight excluding hydrogens is 210 g/mol. The maximum absolute atomic E-state index is 11.6. The molecule has 0 bridgehead atoms. The lowest BCUT2D eigenvalue weighted by molar-refractivity contribution is 0.0982. The molecule has 1 N–H and O–H groups in total. The van der Waals surface area contributed by atoms with Crippen LogP contribution in [0, 0.1) is 0 Å². The third-order valence-electron chi connectivity index (χ3n) is 1.88. The first kappa shape index (κ1) is 14.1. The van der Waals surface area contributed by atoms with Gasteiger partial charge < -0.3 is 5.32 Å². The molecule has 0 saturated carbocycles. The number of nitrogens with one attached hydrogen (secondary N) is 1. The Balaban J connectivity index is 0.00000196. The second-order valence-corrected chi connectivity index (χ2v) is 4.39. The van der Waals surface area contributed by atoms with Gasteiger partial charge in [0.05, 0.1) is 6.54 Å². The second kappa shape index (κ2) is 5.89. The molecule has 0 aliphatic carbocycles. The Labute approximate surface area is 97.5 Å². The van der Waals surface area contributed by atoms with Gasteiger partial charge in [-0.15, -0.1) is 12.4 Å². The molecule has 0 unspecified atom stereocenters. The molecule has 1 aromatic rings. The predicted molar refractivity (Wildman–Crippen MR) is 65.8 cm³/mol. The zero-order valence-corrected chi connectivity index (χ0v) is 10.2. The minimum absolute atomic E-state index is 0. The first-order chi connectivity index (χ1) is 6.49. The predicted octanol–water partition coefficient (Wildman–Crippen LogP) is 2.68. The molecule has 1 aromatic carbocycles. The first-order valence-corrected chi connectivity index (χ1v) is 4.82. The van der Waals surface area contributed by atoms with Crippen LogP contribution in [0.4, 0.5) is 0 Å². The van der Waals surface area contributed by atoms with Crippen LogP contribution in [0.1, 0.15) is 31.1 Å². The number of carbonyl (C=O) groups is 1. The van der Waals surface area contributed by atoms with E-state index in [2.05, 4.69) is 5.32 Å². The molecule has 15 heavy (non-hydrogen) atoms. The second-order valence-electron chi connectivity index (χ2n) is 4.39. The lowest BCUT2D eigenvalue weighted by Gasteiger charge is -2.19. The van der Waals surface area contributed by atoms with Crippen molar-refractivity contribution in [1.29, 1.82) is 0 Å². The van der Waals surface area contributed by atoms with Gasteiger partial charge in [-0.25, -0.2) is 0 Å². The quantitative estimate of drug-likeness (QED) is 0.805. The Morgan fingerprint density at radius 3 is 2.20 bits per heavy atom. The molecule has 0 heterocycles. The smallest absolute Gasteiger partial charge is 0.176 e. The monoisotopic (exact) mass is 227 g/mol. The summed E-state index contributed by atoms with van der Waals surface area (Å²) in [4.78, 5) is 11.6. The SMILES string of the molecule is CC(C)(C)NCC(=O)c1ccccc1.Cl. The highest BCUT2D eigenvalue weighted by Gasteiger charge is 2.11. The molecule has 1 rings (SSSR count). The largest absolute Gasteiger partial charge is 0.305 e. The summed E-state index contributed by atoms with van der Waals surface area (Å²) in [5.74, 6) is 0.139. The molecule has 0 aromatic heterocycles.